The number of aliphatic hydroxyl groups is 1. The van der Waals surface area contributed by atoms with Crippen molar-refractivity contribution in [3.63, 3.8) is 0 Å². The lowest BCUT2D eigenvalue weighted by Crippen LogP contribution is -2.29. The summed E-state index contributed by atoms with van der Waals surface area (Å²) >= 11 is 1.17. The average molecular weight is 532 g/mol. The van der Waals surface area contributed by atoms with Gasteiger partial charge in [0.25, 0.3) is 11.5 Å². The number of aromatic nitrogens is 1. The maximum atomic E-state index is 13.4. The second kappa shape index (κ2) is 9.94. The molecule has 1 aliphatic heterocycles. The number of fused-ring (bicyclic) bond motifs is 1. The van der Waals surface area contributed by atoms with Crippen LogP contribution in [0, 0.1) is 10.1 Å². The van der Waals surface area contributed by atoms with Crippen LogP contribution in [0.4, 0.5) is 10.8 Å². The Morgan fingerprint density at radius 1 is 1.11 bits per heavy atom. The number of Topliss-reactive ketones (excluding diaryl/α,β-unsaturated/α-hetero) is 1. The number of methoxy groups -OCH3 is 1. The van der Waals surface area contributed by atoms with Crippen molar-refractivity contribution in [2.75, 3.05) is 18.6 Å². The van der Waals surface area contributed by atoms with Crippen LogP contribution in [0.25, 0.3) is 16.0 Å². The van der Waals surface area contributed by atoms with Crippen molar-refractivity contribution < 1.29 is 29.1 Å². The standard InChI is InChI=1S/C27H21N3O7S/c1-3-37-19-11-12-20-21(14-19)38-27(28-20)29-23(16-5-4-6-17(13-16)30(34)35)22(25(32)26(29)33)24(31)15-7-9-18(36-2)10-8-15/h4-14,23,31H,3H2,1-2H3/t23-/m1/s1. The molecule has 10 nitrogen and oxygen atoms in total. The van der Waals surface area contributed by atoms with Gasteiger partial charge in [-0.3, -0.25) is 24.6 Å². The van der Waals surface area contributed by atoms with Crippen molar-refractivity contribution in [1.82, 2.24) is 4.98 Å². The quantitative estimate of drug-likeness (QED) is 0.113. The molecule has 1 aliphatic rings. The number of hydrogen-bond acceptors (Lipinski definition) is 9. The molecule has 192 valence electrons. The fourth-order valence-corrected chi connectivity index (χ4v) is 5.33. The second-order valence-corrected chi connectivity index (χ2v) is 9.32. The Labute approximate surface area is 220 Å². The Bertz CT molecular complexity index is 1610. The molecular weight excluding hydrogens is 510 g/mol. The highest BCUT2D eigenvalue weighted by Crippen LogP contribution is 2.45. The molecular formula is C27H21N3O7S. The molecule has 0 saturated carbocycles. The van der Waals surface area contributed by atoms with Gasteiger partial charge in [0.2, 0.25) is 0 Å². The number of benzene rings is 3. The third kappa shape index (κ3) is 4.33. The van der Waals surface area contributed by atoms with Gasteiger partial charge >= 0.3 is 5.91 Å². The molecule has 1 saturated heterocycles. The van der Waals surface area contributed by atoms with Crippen molar-refractivity contribution in [1.29, 1.82) is 0 Å². The van der Waals surface area contributed by atoms with Gasteiger partial charge in [0.15, 0.2) is 5.13 Å². The Kier molecular flexibility index (Phi) is 6.52. The largest absolute Gasteiger partial charge is 0.507 e. The Balaban J connectivity index is 1.70. The smallest absolute Gasteiger partial charge is 0.301 e. The van der Waals surface area contributed by atoms with Crippen LogP contribution in [0.15, 0.2) is 72.3 Å². The summed E-state index contributed by atoms with van der Waals surface area (Å²) < 4.78 is 11.4. The van der Waals surface area contributed by atoms with Gasteiger partial charge in [-0.15, -0.1) is 0 Å². The third-order valence-corrected chi connectivity index (χ3v) is 7.09. The number of anilines is 1. The molecule has 4 aromatic rings. The van der Waals surface area contributed by atoms with Gasteiger partial charge in [0, 0.05) is 17.7 Å². The van der Waals surface area contributed by atoms with Crippen molar-refractivity contribution >= 4 is 49.8 Å². The average Bonchev–Trinajstić information content (AvgIpc) is 3.46. The van der Waals surface area contributed by atoms with Crippen LogP contribution in [0.1, 0.15) is 24.1 Å². The molecule has 3 aromatic carbocycles. The van der Waals surface area contributed by atoms with Gasteiger partial charge in [0.05, 0.1) is 40.5 Å². The predicted molar refractivity (Wildman–Crippen MR) is 142 cm³/mol. The fraction of sp³-hybridized carbons (Fsp3) is 0.148. The maximum Gasteiger partial charge on any atom is 0.301 e. The highest BCUT2D eigenvalue weighted by atomic mass is 32.1. The molecule has 0 radical (unpaired) electrons. The summed E-state index contributed by atoms with van der Waals surface area (Å²) in [6, 6.07) is 16.1. The maximum absolute atomic E-state index is 13.4. The van der Waals surface area contributed by atoms with Crippen LogP contribution >= 0.6 is 11.3 Å². The summed E-state index contributed by atoms with van der Waals surface area (Å²) in [5.41, 5.74) is 0.731. The number of non-ortho nitro benzene ring substituents is 1. The van der Waals surface area contributed by atoms with Gasteiger partial charge < -0.3 is 14.6 Å². The SMILES string of the molecule is CCOc1ccc2nc(N3C(=O)C(=O)C(=C(O)c4ccc(OC)cc4)[C@H]3c3cccc([N+](=O)[O-])c3)sc2c1. The van der Waals surface area contributed by atoms with E-state index in [0.717, 1.165) is 4.70 Å². The molecule has 1 aromatic heterocycles. The zero-order chi connectivity index (χ0) is 27.0. The number of thiazole rings is 1. The van der Waals surface area contributed by atoms with Crippen LogP contribution in [-0.4, -0.2) is 40.4 Å². The molecule has 0 unspecified atom stereocenters. The van der Waals surface area contributed by atoms with E-state index in [4.69, 9.17) is 9.47 Å². The van der Waals surface area contributed by atoms with E-state index in [1.165, 1.54) is 41.5 Å². The molecule has 0 spiro atoms. The van der Waals surface area contributed by atoms with Gasteiger partial charge in [-0.25, -0.2) is 4.98 Å². The summed E-state index contributed by atoms with van der Waals surface area (Å²) in [7, 11) is 1.50. The van der Waals surface area contributed by atoms with E-state index in [1.54, 1.807) is 48.5 Å². The van der Waals surface area contributed by atoms with E-state index in [-0.39, 0.29) is 27.5 Å². The zero-order valence-electron chi connectivity index (χ0n) is 20.3. The van der Waals surface area contributed by atoms with Crippen molar-refractivity contribution in [3.05, 3.63) is 93.5 Å². The molecule has 0 bridgehead atoms. The number of hydrogen-bond donors (Lipinski definition) is 1. The molecule has 0 aliphatic carbocycles. The van der Waals surface area contributed by atoms with Gasteiger partial charge in [-0.05, 0) is 55.0 Å². The number of rotatable bonds is 7. The monoisotopic (exact) mass is 531 g/mol. The number of aliphatic hydroxyl groups excluding tert-OH is 1. The van der Waals surface area contributed by atoms with Crippen molar-refractivity contribution in [3.8, 4) is 11.5 Å². The van der Waals surface area contributed by atoms with Crippen LogP contribution in [0.5, 0.6) is 11.5 Å². The van der Waals surface area contributed by atoms with E-state index in [2.05, 4.69) is 4.98 Å². The number of nitro benzene ring substituents is 1. The van der Waals surface area contributed by atoms with Crippen LogP contribution < -0.4 is 14.4 Å². The number of ether oxygens (including phenoxy) is 2. The Morgan fingerprint density at radius 2 is 1.84 bits per heavy atom. The number of nitrogens with zero attached hydrogens (tertiary/aromatic N) is 3. The molecule has 1 atom stereocenters. The molecule has 1 fully saturated rings. The lowest BCUT2D eigenvalue weighted by atomic mass is 9.95. The summed E-state index contributed by atoms with van der Waals surface area (Å²) in [6.07, 6.45) is 0. The van der Waals surface area contributed by atoms with E-state index in [0.29, 0.717) is 23.6 Å². The summed E-state index contributed by atoms with van der Waals surface area (Å²) in [6.45, 7) is 2.34. The molecule has 38 heavy (non-hydrogen) atoms. The fourth-order valence-electron chi connectivity index (χ4n) is 4.31. The zero-order valence-corrected chi connectivity index (χ0v) is 21.1. The van der Waals surface area contributed by atoms with Crippen molar-refractivity contribution in [2.24, 2.45) is 0 Å². The minimum Gasteiger partial charge on any atom is -0.507 e. The molecule has 1 N–H and O–H groups in total. The van der Waals surface area contributed by atoms with Crippen LogP contribution in [-0.2, 0) is 9.59 Å². The van der Waals surface area contributed by atoms with E-state index < -0.39 is 28.4 Å². The summed E-state index contributed by atoms with van der Waals surface area (Å²) in [5, 5.41) is 23.0. The van der Waals surface area contributed by atoms with E-state index in [9.17, 15) is 24.8 Å². The van der Waals surface area contributed by atoms with E-state index in [1.807, 2.05) is 6.92 Å². The van der Waals surface area contributed by atoms with Crippen LogP contribution in [0.3, 0.4) is 0 Å². The Hall–Kier alpha value is -4.77. The summed E-state index contributed by atoms with van der Waals surface area (Å²) in [5.74, 6) is -1.07. The molecule has 11 heteroatoms. The minimum absolute atomic E-state index is 0.199. The Morgan fingerprint density at radius 3 is 2.53 bits per heavy atom. The van der Waals surface area contributed by atoms with Crippen molar-refractivity contribution in [2.45, 2.75) is 13.0 Å². The van der Waals surface area contributed by atoms with Gasteiger partial charge in [0.1, 0.15) is 17.3 Å². The van der Waals surface area contributed by atoms with Crippen LogP contribution in [0.2, 0.25) is 0 Å². The molecule has 2 heterocycles. The minimum atomic E-state index is -1.15. The lowest BCUT2D eigenvalue weighted by molar-refractivity contribution is -0.384. The van der Waals surface area contributed by atoms with Gasteiger partial charge in [-0.1, -0.05) is 23.5 Å². The third-order valence-electron chi connectivity index (χ3n) is 6.07. The van der Waals surface area contributed by atoms with Gasteiger partial charge in [-0.2, -0.15) is 0 Å². The predicted octanol–water partition coefficient (Wildman–Crippen LogP) is 5.24. The number of amides is 1. The van der Waals surface area contributed by atoms with E-state index >= 15 is 0 Å². The first-order valence-corrected chi connectivity index (χ1v) is 12.4. The highest BCUT2D eigenvalue weighted by molar-refractivity contribution is 7.22. The normalized spacial score (nSPS) is 16.7. The second-order valence-electron chi connectivity index (χ2n) is 8.31. The first-order chi connectivity index (χ1) is 18.3. The lowest BCUT2D eigenvalue weighted by Gasteiger charge is -2.22. The number of ketones is 1. The molecule has 5 rings (SSSR count). The summed E-state index contributed by atoms with van der Waals surface area (Å²) in [4.78, 5) is 43.5. The topological polar surface area (TPSA) is 132 Å². The first kappa shape index (κ1) is 24.9. The first-order valence-electron chi connectivity index (χ1n) is 11.6. The molecule has 1 amide bonds. The number of carbonyl (C=O) groups excluding carboxylic acids is 2. The number of nitro groups is 1. The number of carbonyl (C=O) groups is 2. The highest BCUT2D eigenvalue weighted by Gasteiger charge is 2.48.